The Bertz CT molecular complexity index is 961. The number of hydrogen-bond donors (Lipinski definition) is 2. The first-order valence-corrected chi connectivity index (χ1v) is 13.2. The Labute approximate surface area is 195 Å². The molecule has 6 nitrogen and oxygen atoms in total. The molecule has 0 saturated heterocycles. The van der Waals surface area contributed by atoms with Gasteiger partial charge < -0.3 is 5.32 Å². The molecule has 9 heteroatoms. The molecule has 2 aromatic rings. The number of halogens is 1. The molecule has 2 atom stereocenters. The number of benzene rings is 1. The highest BCUT2D eigenvalue weighted by molar-refractivity contribution is 7.92. The van der Waals surface area contributed by atoms with Crippen LogP contribution in [0.2, 0.25) is 0 Å². The topological polar surface area (TPSA) is 78.5 Å². The fraction of sp³-hybridized carbons (Fsp3) is 0.500. The summed E-state index contributed by atoms with van der Waals surface area (Å²) in [7, 11) is -3.32. The molecule has 1 amide bonds. The van der Waals surface area contributed by atoms with Gasteiger partial charge in [-0.1, -0.05) is 13.3 Å². The summed E-state index contributed by atoms with van der Waals surface area (Å²) in [5.41, 5.74) is 2.47. The predicted octanol–water partition coefficient (Wildman–Crippen LogP) is 4.45. The number of hydrogen-bond acceptors (Lipinski definition) is 5. The molecular weight excluding hydrogens is 454 g/mol. The molecule has 3 rings (SSSR count). The smallest absolute Gasteiger partial charge is 0.251 e. The highest BCUT2D eigenvalue weighted by atomic mass is 35.5. The van der Waals surface area contributed by atoms with Crippen LogP contribution < -0.4 is 10.0 Å². The fourth-order valence-electron chi connectivity index (χ4n) is 4.17. The van der Waals surface area contributed by atoms with E-state index >= 15 is 0 Å². The van der Waals surface area contributed by atoms with Crippen molar-refractivity contribution in [3.63, 3.8) is 0 Å². The molecule has 0 fully saturated rings. The van der Waals surface area contributed by atoms with Crippen LogP contribution in [0.5, 0.6) is 0 Å². The molecule has 1 aromatic heterocycles. The highest BCUT2D eigenvalue weighted by Gasteiger charge is 2.31. The third-order valence-corrected chi connectivity index (χ3v) is 7.27. The van der Waals surface area contributed by atoms with Crippen LogP contribution in [0.25, 0.3) is 0 Å². The van der Waals surface area contributed by atoms with Crippen molar-refractivity contribution >= 4 is 45.4 Å². The molecule has 0 bridgehead atoms. The first-order chi connectivity index (χ1) is 14.3. The molecule has 2 unspecified atom stereocenters. The van der Waals surface area contributed by atoms with E-state index in [9.17, 15) is 13.2 Å². The first-order valence-electron chi connectivity index (χ1n) is 10.5. The standard InChI is InChI=1S/C22H31N3O3S2.ClH/c1-4-6-20-15-18-11-14-29-21(18)16(2)25(20)13-5-12-23-22(26)17-7-9-19(10-8-17)24-30(3,27)28;/h7-11,14,16,20,24H,4-6,12-13,15H2,1-3H3,(H,23,26);1H. The average Bonchev–Trinajstić information content (AvgIpc) is 3.15. The van der Waals surface area contributed by atoms with E-state index in [0.29, 0.717) is 29.9 Å². The van der Waals surface area contributed by atoms with Gasteiger partial charge in [0.15, 0.2) is 0 Å². The summed E-state index contributed by atoms with van der Waals surface area (Å²) in [5, 5.41) is 5.18. The van der Waals surface area contributed by atoms with Crippen LogP contribution in [0.1, 0.15) is 60.0 Å². The first kappa shape index (κ1) is 25.6. The normalized spacial score (nSPS) is 18.7. The summed E-state index contributed by atoms with van der Waals surface area (Å²) in [4.78, 5) is 16.5. The average molecular weight is 486 g/mol. The van der Waals surface area contributed by atoms with E-state index in [0.717, 1.165) is 25.6 Å². The second-order valence-corrected chi connectivity index (χ2v) is 10.6. The Morgan fingerprint density at radius 2 is 1.94 bits per heavy atom. The third-order valence-electron chi connectivity index (χ3n) is 5.53. The molecule has 0 radical (unpaired) electrons. The van der Waals surface area contributed by atoms with Crippen LogP contribution in [0.4, 0.5) is 5.69 Å². The number of rotatable bonds is 9. The number of amides is 1. The maximum atomic E-state index is 12.4. The predicted molar refractivity (Wildman–Crippen MR) is 131 cm³/mol. The quantitative estimate of drug-likeness (QED) is 0.514. The van der Waals surface area contributed by atoms with Gasteiger partial charge in [0.25, 0.3) is 5.91 Å². The van der Waals surface area contributed by atoms with Crippen LogP contribution >= 0.6 is 23.7 Å². The molecule has 2 heterocycles. The number of sulfonamides is 1. The van der Waals surface area contributed by atoms with Crippen molar-refractivity contribution in [2.75, 3.05) is 24.1 Å². The Kier molecular flexibility index (Phi) is 9.36. The second kappa shape index (κ2) is 11.3. The lowest BCUT2D eigenvalue weighted by Crippen LogP contribution is -2.43. The van der Waals surface area contributed by atoms with Crippen LogP contribution in [-0.4, -0.2) is 44.6 Å². The molecule has 0 spiro atoms. The lowest BCUT2D eigenvalue weighted by molar-refractivity contribution is 0.0942. The molecule has 0 aliphatic carbocycles. The number of carbonyl (C=O) groups is 1. The summed E-state index contributed by atoms with van der Waals surface area (Å²) in [6.45, 7) is 6.10. The van der Waals surface area contributed by atoms with Gasteiger partial charge in [0.1, 0.15) is 0 Å². The van der Waals surface area contributed by atoms with Crippen LogP contribution in [0.3, 0.4) is 0 Å². The maximum Gasteiger partial charge on any atom is 0.251 e. The van der Waals surface area contributed by atoms with E-state index in [1.807, 2.05) is 11.3 Å². The van der Waals surface area contributed by atoms with E-state index in [1.165, 1.54) is 23.3 Å². The molecule has 31 heavy (non-hydrogen) atoms. The van der Waals surface area contributed by atoms with Crippen LogP contribution in [-0.2, 0) is 16.4 Å². The fourth-order valence-corrected chi connectivity index (χ4v) is 5.75. The van der Waals surface area contributed by atoms with Crippen molar-refractivity contribution in [2.24, 2.45) is 0 Å². The van der Waals surface area contributed by atoms with Gasteiger partial charge in [0.2, 0.25) is 10.0 Å². The van der Waals surface area contributed by atoms with Gasteiger partial charge in [-0.25, -0.2) is 8.42 Å². The van der Waals surface area contributed by atoms with Crippen LogP contribution in [0.15, 0.2) is 35.7 Å². The minimum Gasteiger partial charge on any atom is -0.352 e. The Hall–Kier alpha value is -1.61. The van der Waals surface area contributed by atoms with Gasteiger partial charge in [0, 0.05) is 41.3 Å². The third kappa shape index (κ3) is 6.94. The molecule has 1 aliphatic rings. The maximum absolute atomic E-state index is 12.4. The van der Waals surface area contributed by atoms with Crippen molar-refractivity contribution < 1.29 is 13.2 Å². The Morgan fingerprint density at radius 3 is 2.58 bits per heavy atom. The van der Waals surface area contributed by atoms with Crippen molar-refractivity contribution in [3.05, 3.63) is 51.7 Å². The summed E-state index contributed by atoms with van der Waals surface area (Å²) >= 11 is 1.85. The monoisotopic (exact) mass is 485 g/mol. The Morgan fingerprint density at radius 1 is 1.23 bits per heavy atom. The van der Waals surface area contributed by atoms with E-state index in [4.69, 9.17) is 0 Å². The summed E-state index contributed by atoms with van der Waals surface area (Å²) in [5.74, 6) is -0.141. The van der Waals surface area contributed by atoms with E-state index in [1.54, 1.807) is 24.3 Å². The van der Waals surface area contributed by atoms with Gasteiger partial charge in [-0.2, -0.15) is 0 Å². The minimum absolute atomic E-state index is 0. The molecule has 2 N–H and O–H groups in total. The van der Waals surface area contributed by atoms with E-state index in [-0.39, 0.29) is 18.3 Å². The van der Waals surface area contributed by atoms with Gasteiger partial charge in [-0.3, -0.25) is 14.4 Å². The molecule has 1 aromatic carbocycles. The van der Waals surface area contributed by atoms with E-state index in [2.05, 4.69) is 40.2 Å². The molecule has 0 saturated carbocycles. The summed E-state index contributed by atoms with van der Waals surface area (Å²) < 4.78 is 24.9. The number of nitrogens with one attached hydrogen (secondary N) is 2. The molecule has 172 valence electrons. The van der Waals surface area contributed by atoms with Gasteiger partial charge >= 0.3 is 0 Å². The SMILES string of the molecule is CCCC1Cc2ccsc2C(C)N1CCCNC(=O)c1ccc(NS(C)(=O)=O)cc1.Cl. The minimum atomic E-state index is -3.32. The number of nitrogens with zero attached hydrogens (tertiary/aromatic N) is 1. The van der Waals surface area contributed by atoms with Crippen molar-refractivity contribution in [3.8, 4) is 0 Å². The number of fused-ring (bicyclic) bond motifs is 1. The zero-order chi connectivity index (χ0) is 21.7. The lowest BCUT2D eigenvalue weighted by atomic mass is 9.92. The van der Waals surface area contributed by atoms with Crippen molar-refractivity contribution in [1.29, 1.82) is 0 Å². The van der Waals surface area contributed by atoms with Gasteiger partial charge in [0.05, 0.1) is 6.26 Å². The number of anilines is 1. The molecular formula is C22H32ClN3O3S2. The number of carbonyl (C=O) groups excluding carboxylic acids is 1. The number of thiophene rings is 1. The van der Waals surface area contributed by atoms with Gasteiger partial charge in [-0.15, -0.1) is 23.7 Å². The van der Waals surface area contributed by atoms with E-state index < -0.39 is 10.0 Å². The summed E-state index contributed by atoms with van der Waals surface area (Å²) in [6.07, 6.45) is 5.48. The van der Waals surface area contributed by atoms with Gasteiger partial charge in [-0.05, 0) is 67.5 Å². The second-order valence-electron chi connectivity index (χ2n) is 7.93. The largest absolute Gasteiger partial charge is 0.352 e. The Balaban J connectivity index is 0.00000341. The zero-order valence-corrected chi connectivity index (χ0v) is 20.7. The van der Waals surface area contributed by atoms with Crippen LogP contribution in [0, 0.1) is 0 Å². The molecule has 1 aliphatic heterocycles. The highest BCUT2D eigenvalue weighted by Crippen LogP contribution is 2.37. The lowest BCUT2D eigenvalue weighted by Gasteiger charge is -2.40. The zero-order valence-electron chi connectivity index (χ0n) is 18.3. The van der Waals surface area contributed by atoms with Crippen molar-refractivity contribution in [1.82, 2.24) is 10.2 Å². The summed E-state index contributed by atoms with van der Waals surface area (Å²) in [6, 6.07) is 9.72. The van der Waals surface area contributed by atoms with Crippen molar-refractivity contribution in [2.45, 2.75) is 51.6 Å².